The molecular weight excluding hydrogens is 232 g/mol. The molecule has 0 aliphatic carbocycles. The number of rotatable bonds is 4. The summed E-state index contributed by atoms with van der Waals surface area (Å²) in [5.74, 6) is 0. The van der Waals surface area contributed by atoms with Crippen molar-refractivity contribution >= 4 is 0 Å². The van der Waals surface area contributed by atoms with Crippen molar-refractivity contribution in [2.75, 3.05) is 0 Å². The van der Waals surface area contributed by atoms with Gasteiger partial charge in [0.1, 0.15) is 0 Å². The fourth-order valence-electron chi connectivity index (χ4n) is 2.17. The molecule has 2 heteroatoms. The molecule has 2 rings (SSSR count). The number of nitrogens with two attached hydrogens (primary N) is 2. The van der Waals surface area contributed by atoms with Crippen LogP contribution in [-0.4, -0.2) is 0 Å². The lowest BCUT2D eigenvalue weighted by Crippen LogP contribution is -2.19. The lowest BCUT2D eigenvalue weighted by Gasteiger charge is -2.18. The van der Waals surface area contributed by atoms with Gasteiger partial charge in [-0.1, -0.05) is 59.7 Å². The smallest absolute Gasteiger partial charge is 0.0313 e. The SMILES string of the molecule is Cc1ccc(C(N)CC(N)c2ccc(C)cc2)cc1. The molecular formula is C17H22N2. The van der Waals surface area contributed by atoms with Crippen LogP contribution in [0.25, 0.3) is 0 Å². The van der Waals surface area contributed by atoms with E-state index in [9.17, 15) is 0 Å². The predicted molar refractivity (Wildman–Crippen MR) is 80.8 cm³/mol. The van der Waals surface area contributed by atoms with Crippen LogP contribution in [0.2, 0.25) is 0 Å². The highest BCUT2D eigenvalue weighted by Gasteiger charge is 2.13. The molecule has 2 nitrogen and oxygen atoms in total. The zero-order valence-corrected chi connectivity index (χ0v) is 11.6. The average molecular weight is 254 g/mol. The lowest BCUT2D eigenvalue weighted by atomic mass is 9.95. The molecule has 2 unspecified atom stereocenters. The minimum atomic E-state index is -0.0168. The fourth-order valence-corrected chi connectivity index (χ4v) is 2.17. The third kappa shape index (κ3) is 3.66. The number of hydrogen-bond donors (Lipinski definition) is 2. The molecule has 4 N–H and O–H groups in total. The fraction of sp³-hybridized carbons (Fsp3) is 0.294. The third-order valence-corrected chi connectivity index (χ3v) is 3.52. The molecule has 0 heterocycles. The van der Waals surface area contributed by atoms with Gasteiger partial charge in [-0.2, -0.15) is 0 Å². The summed E-state index contributed by atoms with van der Waals surface area (Å²) in [6.07, 6.45) is 0.756. The van der Waals surface area contributed by atoms with Crippen molar-refractivity contribution in [1.29, 1.82) is 0 Å². The minimum absolute atomic E-state index is 0.0168. The Labute approximate surface area is 115 Å². The summed E-state index contributed by atoms with van der Waals surface area (Å²) in [5, 5.41) is 0. The Morgan fingerprint density at radius 1 is 0.684 bits per heavy atom. The Kier molecular flexibility index (Phi) is 4.35. The summed E-state index contributed by atoms with van der Waals surface area (Å²) in [5.41, 5.74) is 17.3. The Bertz CT molecular complexity index is 464. The minimum Gasteiger partial charge on any atom is -0.324 e. The van der Waals surface area contributed by atoms with Crippen molar-refractivity contribution in [2.45, 2.75) is 32.4 Å². The molecule has 0 aliphatic rings. The standard InChI is InChI=1S/C17H22N2/c1-12-3-7-14(8-4-12)16(18)11-17(19)15-9-5-13(2)6-10-15/h3-10,16-17H,11,18-19H2,1-2H3. The van der Waals surface area contributed by atoms with Crippen LogP contribution in [0.3, 0.4) is 0 Å². The van der Waals surface area contributed by atoms with Crippen molar-refractivity contribution < 1.29 is 0 Å². The van der Waals surface area contributed by atoms with E-state index < -0.39 is 0 Å². The maximum absolute atomic E-state index is 6.23. The predicted octanol–water partition coefficient (Wildman–Crippen LogP) is 3.39. The molecule has 0 saturated heterocycles. The monoisotopic (exact) mass is 254 g/mol. The van der Waals surface area contributed by atoms with Crippen LogP contribution < -0.4 is 11.5 Å². The summed E-state index contributed by atoms with van der Waals surface area (Å²) in [6.45, 7) is 4.15. The summed E-state index contributed by atoms with van der Waals surface area (Å²) in [4.78, 5) is 0. The van der Waals surface area contributed by atoms with Crippen molar-refractivity contribution in [3.8, 4) is 0 Å². The van der Waals surface area contributed by atoms with E-state index in [0.29, 0.717) is 0 Å². The summed E-state index contributed by atoms with van der Waals surface area (Å²) < 4.78 is 0. The summed E-state index contributed by atoms with van der Waals surface area (Å²) in [7, 11) is 0. The molecule has 0 bridgehead atoms. The second-order valence-electron chi connectivity index (χ2n) is 5.27. The molecule has 2 atom stereocenters. The Balaban J connectivity index is 2.03. The molecule has 0 amide bonds. The van der Waals surface area contributed by atoms with Crippen molar-refractivity contribution in [1.82, 2.24) is 0 Å². The Morgan fingerprint density at radius 3 is 1.32 bits per heavy atom. The van der Waals surface area contributed by atoms with Crippen LogP contribution in [0.15, 0.2) is 48.5 Å². The van der Waals surface area contributed by atoms with E-state index in [2.05, 4.69) is 62.4 Å². The maximum atomic E-state index is 6.23. The van der Waals surface area contributed by atoms with Crippen LogP contribution >= 0.6 is 0 Å². The molecule has 0 aliphatic heterocycles. The molecule has 0 aromatic heterocycles. The van der Waals surface area contributed by atoms with Gasteiger partial charge >= 0.3 is 0 Å². The topological polar surface area (TPSA) is 52.0 Å². The first-order valence-electron chi connectivity index (χ1n) is 6.70. The zero-order chi connectivity index (χ0) is 13.8. The van der Waals surface area contributed by atoms with E-state index in [-0.39, 0.29) is 12.1 Å². The number of benzene rings is 2. The number of aryl methyl sites for hydroxylation is 2. The third-order valence-electron chi connectivity index (χ3n) is 3.52. The molecule has 2 aromatic carbocycles. The van der Waals surface area contributed by atoms with Crippen LogP contribution in [0.1, 0.15) is 40.8 Å². The zero-order valence-electron chi connectivity index (χ0n) is 11.6. The van der Waals surface area contributed by atoms with Crippen LogP contribution in [0.5, 0.6) is 0 Å². The van der Waals surface area contributed by atoms with E-state index in [1.807, 2.05) is 0 Å². The van der Waals surface area contributed by atoms with Gasteiger partial charge in [0.25, 0.3) is 0 Å². The first-order valence-corrected chi connectivity index (χ1v) is 6.70. The average Bonchev–Trinajstić information content (AvgIpc) is 2.40. The van der Waals surface area contributed by atoms with Gasteiger partial charge in [-0.3, -0.25) is 0 Å². The van der Waals surface area contributed by atoms with Crippen LogP contribution in [0, 0.1) is 13.8 Å². The van der Waals surface area contributed by atoms with E-state index in [1.165, 1.54) is 11.1 Å². The quantitative estimate of drug-likeness (QED) is 0.878. The summed E-state index contributed by atoms with van der Waals surface area (Å²) >= 11 is 0. The van der Waals surface area contributed by atoms with Gasteiger partial charge in [-0.25, -0.2) is 0 Å². The van der Waals surface area contributed by atoms with Crippen molar-refractivity contribution in [2.24, 2.45) is 11.5 Å². The van der Waals surface area contributed by atoms with E-state index in [4.69, 9.17) is 11.5 Å². The van der Waals surface area contributed by atoms with E-state index >= 15 is 0 Å². The normalized spacial score (nSPS) is 14.1. The van der Waals surface area contributed by atoms with Gasteiger partial charge in [0.15, 0.2) is 0 Å². The van der Waals surface area contributed by atoms with Gasteiger partial charge in [0.2, 0.25) is 0 Å². The van der Waals surface area contributed by atoms with Crippen LogP contribution in [-0.2, 0) is 0 Å². The molecule has 0 saturated carbocycles. The number of hydrogen-bond acceptors (Lipinski definition) is 2. The first kappa shape index (κ1) is 13.8. The highest BCUT2D eigenvalue weighted by Crippen LogP contribution is 2.23. The van der Waals surface area contributed by atoms with Crippen molar-refractivity contribution in [3.63, 3.8) is 0 Å². The van der Waals surface area contributed by atoms with Crippen molar-refractivity contribution in [3.05, 3.63) is 70.8 Å². The molecule has 2 aromatic rings. The largest absolute Gasteiger partial charge is 0.324 e. The molecule has 100 valence electrons. The highest BCUT2D eigenvalue weighted by molar-refractivity contribution is 5.26. The Hall–Kier alpha value is -1.64. The van der Waals surface area contributed by atoms with Gasteiger partial charge in [-0.15, -0.1) is 0 Å². The van der Waals surface area contributed by atoms with Gasteiger partial charge < -0.3 is 11.5 Å². The maximum Gasteiger partial charge on any atom is 0.0313 e. The molecule has 0 fully saturated rings. The highest BCUT2D eigenvalue weighted by atomic mass is 14.7. The molecule has 19 heavy (non-hydrogen) atoms. The first-order chi connectivity index (χ1) is 9.06. The summed E-state index contributed by atoms with van der Waals surface area (Å²) in [6, 6.07) is 16.7. The van der Waals surface area contributed by atoms with Gasteiger partial charge in [0.05, 0.1) is 0 Å². The molecule has 0 radical (unpaired) electrons. The second-order valence-corrected chi connectivity index (χ2v) is 5.27. The van der Waals surface area contributed by atoms with Gasteiger partial charge in [-0.05, 0) is 31.4 Å². The van der Waals surface area contributed by atoms with E-state index in [0.717, 1.165) is 17.5 Å². The van der Waals surface area contributed by atoms with Gasteiger partial charge in [0, 0.05) is 12.1 Å². The van der Waals surface area contributed by atoms with E-state index in [1.54, 1.807) is 0 Å². The molecule has 0 spiro atoms. The lowest BCUT2D eigenvalue weighted by molar-refractivity contribution is 0.557. The Morgan fingerprint density at radius 2 is 1.00 bits per heavy atom. The van der Waals surface area contributed by atoms with Crippen LogP contribution in [0.4, 0.5) is 0 Å². The second kappa shape index (κ2) is 6.00.